The quantitative estimate of drug-likeness (QED) is 0.610. The summed E-state index contributed by atoms with van der Waals surface area (Å²) in [6.07, 6.45) is 0.367. The average molecular weight is 416 g/mol. The van der Waals surface area contributed by atoms with Crippen molar-refractivity contribution < 1.29 is 22.7 Å². The summed E-state index contributed by atoms with van der Waals surface area (Å²) in [6, 6.07) is 16.5. The molecule has 0 spiro atoms. The lowest BCUT2D eigenvalue weighted by molar-refractivity contribution is -0.153. The Kier molecular flexibility index (Phi) is 8.11. The third-order valence-corrected chi connectivity index (χ3v) is 4.96. The zero-order valence-electron chi connectivity index (χ0n) is 16.3. The van der Waals surface area contributed by atoms with Gasteiger partial charge in [-0.05, 0) is 31.1 Å². The molecule has 0 bridgehead atoms. The summed E-state index contributed by atoms with van der Waals surface area (Å²) in [5, 5.41) is 3.63. The molecule has 0 saturated carbocycles. The molecule has 0 aliphatic carbocycles. The van der Waals surface area contributed by atoms with E-state index in [2.05, 4.69) is 10.0 Å². The highest BCUT2D eigenvalue weighted by Crippen LogP contribution is 2.04. The highest BCUT2D eigenvalue weighted by molar-refractivity contribution is 7.92. The first-order valence-electron chi connectivity index (χ1n) is 9.01. The van der Waals surface area contributed by atoms with Gasteiger partial charge in [-0.15, -0.1) is 0 Å². The molecule has 1 atom stereocenters. The Labute approximate surface area is 170 Å². The van der Waals surface area contributed by atoms with Crippen molar-refractivity contribution in [2.45, 2.75) is 26.5 Å². The number of esters is 1. The van der Waals surface area contributed by atoms with E-state index in [4.69, 9.17) is 4.74 Å². The molecule has 0 heterocycles. The maximum absolute atomic E-state index is 12.0. The molecule has 2 aromatic rings. The van der Waals surface area contributed by atoms with E-state index in [9.17, 15) is 18.0 Å². The van der Waals surface area contributed by atoms with Crippen LogP contribution in [0.15, 0.2) is 60.0 Å². The maximum atomic E-state index is 12.0. The molecule has 0 aromatic heterocycles. The van der Waals surface area contributed by atoms with Crippen LogP contribution in [0.3, 0.4) is 0 Å². The Hall–Kier alpha value is -2.97. The number of carbonyl (C=O) groups excluding carboxylic acids is 2. The number of nitrogens with one attached hydrogen (secondary N) is 2. The number of amides is 1. The zero-order chi connectivity index (χ0) is 21.3. The normalized spacial score (nSPS) is 12.5. The van der Waals surface area contributed by atoms with Crippen LogP contribution in [0, 0.1) is 6.92 Å². The standard InChI is InChI=1S/C21H24N2O5S/c1-16-8-10-19(11-9-16)14-22-21(25)17(2)28-20(24)15-23-29(26,27)13-12-18-6-4-3-5-7-18/h3-13,17,23H,14-15H2,1-2H3,(H,22,25)/b13-12+. The lowest BCUT2D eigenvalue weighted by Crippen LogP contribution is -2.38. The Morgan fingerprint density at radius 3 is 2.38 bits per heavy atom. The first-order valence-corrected chi connectivity index (χ1v) is 10.6. The van der Waals surface area contributed by atoms with Crippen LogP contribution in [0.5, 0.6) is 0 Å². The third-order valence-electron chi connectivity index (χ3n) is 3.92. The second kappa shape index (κ2) is 10.5. The number of rotatable bonds is 9. The lowest BCUT2D eigenvalue weighted by atomic mass is 10.1. The van der Waals surface area contributed by atoms with Gasteiger partial charge in [-0.2, -0.15) is 0 Å². The van der Waals surface area contributed by atoms with Gasteiger partial charge >= 0.3 is 5.97 Å². The molecule has 8 heteroatoms. The molecule has 0 saturated heterocycles. The summed E-state index contributed by atoms with van der Waals surface area (Å²) >= 11 is 0. The second-order valence-electron chi connectivity index (χ2n) is 6.42. The Morgan fingerprint density at radius 2 is 1.72 bits per heavy atom. The van der Waals surface area contributed by atoms with Crippen LogP contribution in [-0.4, -0.2) is 32.9 Å². The molecular weight excluding hydrogens is 392 g/mol. The van der Waals surface area contributed by atoms with Crippen LogP contribution in [0.1, 0.15) is 23.6 Å². The fraction of sp³-hybridized carbons (Fsp3) is 0.238. The molecule has 0 aliphatic heterocycles. The topological polar surface area (TPSA) is 102 Å². The second-order valence-corrected chi connectivity index (χ2v) is 8.07. The predicted molar refractivity (Wildman–Crippen MR) is 111 cm³/mol. The van der Waals surface area contributed by atoms with Crippen LogP contribution in [0.25, 0.3) is 6.08 Å². The summed E-state index contributed by atoms with van der Waals surface area (Å²) in [7, 11) is -3.81. The minimum absolute atomic E-state index is 0.303. The zero-order valence-corrected chi connectivity index (χ0v) is 17.1. The Balaban J connectivity index is 1.76. The van der Waals surface area contributed by atoms with Crippen LogP contribution < -0.4 is 10.0 Å². The first-order chi connectivity index (χ1) is 13.7. The summed E-state index contributed by atoms with van der Waals surface area (Å²) in [4.78, 5) is 23.9. The molecule has 2 N–H and O–H groups in total. The van der Waals surface area contributed by atoms with Gasteiger partial charge in [-0.1, -0.05) is 60.2 Å². The molecule has 2 aromatic carbocycles. The number of benzene rings is 2. The van der Waals surface area contributed by atoms with Crippen molar-refractivity contribution in [2.75, 3.05) is 6.54 Å². The smallest absolute Gasteiger partial charge is 0.321 e. The van der Waals surface area contributed by atoms with E-state index in [1.165, 1.54) is 13.0 Å². The van der Waals surface area contributed by atoms with Gasteiger partial charge in [0.2, 0.25) is 10.0 Å². The summed E-state index contributed by atoms with van der Waals surface area (Å²) in [6.45, 7) is 3.12. The molecule has 2 rings (SSSR count). The van der Waals surface area contributed by atoms with Crippen molar-refractivity contribution in [2.24, 2.45) is 0 Å². The van der Waals surface area contributed by atoms with Gasteiger partial charge in [0.05, 0.1) is 0 Å². The number of ether oxygens (including phenoxy) is 1. The number of aryl methyl sites for hydroxylation is 1. The van der Waals surface area contributed by atoms with Crippen LogP contribution >= 0.6 is 0 Å². The number of hydrogen-bond donors (Lipinski definition) is 2. The van der Waals surface area contributed by atoms with Crippen molar-refractivity contribution in [3.63, 3.8) is 0 Å². The summed E-state index contributed by atoms with van der Waals surface area (Å²) < 4.78 is 30.9. The largest absolute Gasteiger partial charge is 0.452 e. The van der Waals surface area contributed by atoms with E-state index >= 15 is 0 Å². The van der Waals surface area contributed by atoms with Gasteiger partial charge in [0.1, 0.15) is 6.54 Å². The monoisotopic (exact) mass is 416 g/mol. The van der Waals surface area contributed by atoms with E-state index in [-0.39, 0.29) is 0 Å². The van der Waals surface area contributed by atoms with Crippen molar-refractivity contribution in [3.05, 3.63) is 76.7 Å². The highest BCUT2D eigenvalue weighted by Gasteiger charge is 2.18. The number of hydrogen-bond acceptors (Lipinski definition) is 5. The third kappa shape index (κ3) is 8.28. The highest BCUT2D eigenvalue weighted by atomic mass is 32.2. The van der Waals surface area contributed by atoms with Gasteiger partial charge < -0.3 is 10.1 Å². The van der Waals surface area contributed by atoms with Crippen molar-refractivity contribution in [1.82, 2.24) is 10.0 Å². The van der Waals surface area contributed by atoms with E-state index in [1.807, 2.05) is 37.3 Å². The number of sulfonamides is 1. The number of carbonyl (C=O) groups is 2. The van der Waals surface area contributed by atoms with Crippen molar-refractivity contribution in [1.29, 1.82) is 0 Å². The van der Waals surface area contributed by atoms with Gasteiger partial charge in [0, 0.05) is 12.0 Å². The van der Waals surface area contributed by atoms with Gasteiger partial charge in [-0.25, -0.2) is 13.1 Å². The average Bonchev–Trinajstić information content (AvgIpc) is 2.71. The lowest BCUT2D eigenvalue weighted by Gasteiger charge is -2.13. The van der Waals surface area contributed by atoms with Crippen LogP contribution in [0.4, 0.5) is 0 Å². The van der Waals surface area contributed by atoms with E-state index in [0.29, 0.717) is 12.1 Å². The van der Waals surface area contributed by atoms with E-state index in [1.54, 1.807) is 24.3 Å². The van der Waals surface area contributed by atoms with Gasteiger partial charge in [0.25, 0.3) is 5.91 Å². The molecule has 0 aliphatic rings. The van der Waals surface area contributed by atoms with Crippen molar-refractivity contribution in [3.8, 4) is 0 Å². The molecule has 1 unspecified atom stereocenters. The minimum atomic E-state index is -3.81. The SMILES string of the molecule is Cc1ccc(CNC(=O)C(C)OC(=O)CNS(=O)(=O)/C=C/c2ccccc2)cc1. The van der Waals surface area contributed by atoms with E-state index in [0.717, 1.165) is 16.5 Å². The van der Waals surface area contributed by atoms with E-state index < -0.39 is 34.5 Å². The maximum Gasteiger partial charge on any atom is 0.321 e. The fourth-order valence-corrected chi connectivity index (χ4v) is 3.02. The minimum Gasteiger partial charge on any atom is -0.452 e. The molecule has 0 radical (unpaired) electrons. The fourth-order valence-electron chi connectivity index (χ4n) is 2.27. The Bertz CT molecular complexity index is 954. The van der Waals surface area contributed by atoms with Gasteiger partial charge in [-0.3, -0.25) is 9.59 Å². The molecular formula is C21H24N2O5S. The van der Waals surface area contributed by atoms with Crippen LogP contribution in [-0.2, 0) is 30.9 Å². The molecule has 0 fully saturated rings. The first kappa shape index (κ1) is 22.3. The molecule has 154 valence electrons. The predicted octanol–water partition coefficient (Wildman–Crippen LogP) is 2.13. The van der Waals surface area contributed by atoms with Gasteiger partial charge in [0.15, 0.2) is 6.10 Å². The summed E-state index contributed by atoms with van der Waals surface area (Å²) in [5.74, 6) is -1.31. The van der Waals surface area contributed by atoms with Crippen molar-refractivity contribution >= 4 is 28.0 Å². The summed E-state index contributed by atoms with van der Waals surface area (Å²) in [5.41, 5.74) is 2.74. The van der Waals surface area contributed by atoms with Crippen LogP contribution in [0.2, 0.25) is 0 Å². The Morgan fingerprint density at radius 1 is 1.07 bits per heavy atom. The molecule has 7 nitrogen and oxygen atoms in total. The molecule has 29 heavy (non-hydrogen) atoms. The molecule has 1 amide bonds.